The summed E-state index contributed by atoms with van der Waals surface area (Å²) >= 11 is 0. The van der Waals surface area contributed by atoms with E-state index in [9.17, 15) is 8.78 Å². The molecule has 18 heavy (non-hydrogen) atoms. The van der Waals surface area contributed by atoms with Gasteiger partial charge in [0.1, 0.15) is 18.4 Å². The third-order valence-corrected chi connectivity index (χ3v) is 2.20. The molecule has 0 radical (unpaired) electrons. The molecular formula is C13H8F2N2O. The number of benzene rings is 1. The molecule has 0 aliphatic rings. The van der Waals surface area contributed by atoms with Crippen molar-refractivity contribution in [1.29, 1.82) is 5.26 Å². The van der Waals surface area contributed by atoms with Gasteiger partial charge in [-0.25, -0.2) is 13.8 Å². The van der Waals surface area contributed by atoms with Gasteiger partial charge in [0.25, 0.3) is 0 Å². The van der Waals surface area contributed by atoms with E-state index in [1.54, 1.807) is 12.1 Å². The Bertz CT molecular complexity index is 588. The predicted octanol–water partition coefficient (Wildman–Crippen LogP) is 2.81. The number of aromatic nitrogens is 1. The van der Waals surface area contributed by atoms with E-state index in [1.165, 1.54) is 12.1 Å². The van der Waals surface area contributed by atoms with Gasteiger partial charge < -0.3 is 4.74 Å². The second-order valence-electron chi connectivity index (χ2n) is 3.47. The van der Waals surface area contributed by atoms with Crippen molar-refractivity contribution in [2.24, 2.45) is 0 Å². The van der Waals surface area contributed by atoms with Gasteiger partial charge in [-0.15, -0.1) is 0 Å². The van der Waals surface area contributed by atoms with E-state index in [0.29, 0.717) is 5.69 Å². The second-order valence-corrected chi connectivity index (χ2v) is 3.47. The van der Waals surface area contributed by atoms with Crippen molar-refractivity contribution in [3.8, 4) is 11.8 Å². The minimum Gasteiger partial charge on any atom is -0.481 e. The summed E-state index contributed by atoms with van der Waals surface area (Å²) in [4.78, 5) is 3.93. The van der Waals surface area contributed by atoms with Crippen molar-refractivity contribution >= 4 is 0 Å². The Balaban J connectivity index is 2.14. The standard InChI is InChI=1S/C13H8F2N2O/c14-11-5-2-6-12(15)13(11)18-8-10-4-1-3-9(7-16)17-10/h1-6H,8H2. The van der Waals surface area contributed by atoms with E-state index in [2.05, 4.69) is 4.98 Å². The number of ether oxygens (including phenoxy) is 1. The first-order valence-corrected chi connectivity index (χ1v) is 5.13. The first-order valence-electron chi connectivity index (χ1n) is 5.13. The van der Waals surface area contributed by atoms with Crippen LogP contribution in [0.5, 0.6) is 5.75 Å². The number of pyridine rings is 1. The number of hydrogen-bond acceptors (Lipinski definition) is 3. The first-order chi connectivity index (χ1) is 8.70. The predicted molar refractivity (Wildman–Crippen MR) is 59.6 cm³/mol. The van der Waals surface area contributed by atoms with E-state index >= 15 is 0 Å². The maximum Gasteiger partial charge on any atom is 0.191 e. The zero-order valence-corrected chi connectivity index (χ0v) is 9.23. The van der Waals surface area contributed by atoms with Gasteiger partial charge in [-0.3, -0.25) is 0 Å². The van der Waals surface area contributed by atoms with E-state index < -0.39 is 17.4 Å². The summed E-state index contributed by atoms with van der Waals surface area (Å²) < 4.78 is 31.6. The van der Waals surface area contributed by atoms with Crippen LogP contribution in [0.25, 0.3) is 0 Å². The zero-order chi connectivity index (χ0) is 13.0. The molecule has 1 aromatic carbocycles. The van der Waals surface area contributed by atoms with E-state index in [1.807, 2.05) is 6.07 Å². The number of nitriles is 1. The molecular weight excluding hydrogens is 238 g/mol. The minimum atomic E-state index is -0.772. The molecule has 0 N–H and O–H groups in total. The quantitative estimate of drug-likeness (QED) is 0.836. The Labute approximate surface area is 102 Å². The molecule has 0 unspecified atom stereocenters. The fraction of sp³-hybridized carbons (Fsp3) is 0.0769. The molecule has 2 aromatic rings. The van der Waals surface area contributed by atoms with Gasteiger partial charge >= 0.3 is 0 Å². The van der Waals surface area contributed by atoms with E-state index in [0.717, 1.165) is 12.1 Å². The smallest absolute Gasteiger partial charge is 0.191 e. The van der Waals surface area contributed by atoms with Crippen LogP contribution in [0.1, 0.15) is 11.4 Å². The molecule has 90 valence electrons. The molecule has 0 spiro atoms. The Kier molecular flexibility index (Phi) is 3.49. The summed E-state index contributed by atoms with van der Waals surface area (Å²) in [6.07, 6.45) is 0. The lowest BCUT2D eigenvalue weighted by molar-refractivity contribution is 0.270. The van der Waals surface area contributed by atoms with Crippen molar-refractivity contribution < 1.29 is 13.5 Å². The van der Waals surface area contributed by atoms with Crippen molar-refractivity contribution in [1.82, 2.24) is 4.98 Å². The van der Waals surface area contributed by atoms with Crippen LogP contribution in [0, 0.1) is 23.0 Å². The molecule has 2 rings (SSSR count). The van der Waals surface area contributed by atoms with Crippen LogP contribution in [0.2, 0.25) is 0 Å². The van der Waals surface area contributed by atoms with Crippen LogP contribution in [0.4, 0.5) is 8.78 Å². The molecule has 0 fully saturated rings. The normalized spacial score (nSPS) is 9.83. The van der Waals surface area contributed by atoms with Crippen molar-refractivity contribution in [3.05, 3.63) is 59.4 Å². The van der Waals surface area contributed by atoms with E-state index in [4.69, 9.17) is 10.00 Å². The number of rotatable bonds is 3. The third kappa shape index (κ3) is 2.61. The highest BCUT2D eigenvalue weighted by Crippen LogP contribution is 2.21. The number of nitrogens with zero attached hydrogens (tertiary/aromatic N) is 2. The molecule has 0 aliphatic heterocycles. The highest BCUT2D eigenvalue weighted by molar-refractivity contribution is 5.27. The molecule has 1 heterocycles. The van der Waals surface area contributed by atoms with Gasteiger partial charge in [0.15, 0.2) is 17.4 Å². The van der Waals surface area contributed by atoms with Gasteiger partial charge in [-0.05, 0) is 24.3 Å². The van der Waals surface area contributed by atoms with Crippen LogP contribution in [-0.4, -0.2) is 4.98 Å². The van der Waals surface area contributed by atoms with Crippen molar-refractivity contribution in [3.63, 3.8) is 0 Å². The topological polar surface area (TPSA) is 45.9 Å². The molecule has 0 atom stereocenters. The van der Waals surface area contributed by atoms with Crippen LogP contribution < -0.4 is 4.74 Å². The Hall–Kier alpha value is -2.48. The lowest BCUT2D eigenvalue weighted by Crippen LogP contribution is -2.02. The molecule has 0 bridgehead atoms. The number of hydrogen-bond donors (Lipinski definition) is 0. The SMILES string of the molecule is N#Cc1cccc(COc2c(F)cccc2F)n1. The molecule has 0 aliphatic carbocycles. The molecule has 0 saturated carbocycles. The Morgan fingerprint density at radius 3 is 2.44 bits per heavy atom. The summed E-state index contributed by atoms with van der Waals surface area (Å²) in [5.41, 5.74) is 0.654. The van der Waals surface area contributed by atoms with Gasteiger partial charge in [0.05, 0.1) is 5.69 Å². The van der Waals surface area contributed by atoms with Crippen LogP contribution in [-0.2, 0) is 6.61 Å². The maximum atomic E-state index is 13.3. The molecule has 5 heteroatoms. The Morgan fingerprint density at radius 1 is 1.11 bits per heavy atom. The minimum absolute atomic E-state index is 0.104. The van der Waals surface area contributed by atoms with Crippen molar-refractivity contribution in [2.45, 2.75) is 6.61 Å². The lowest BCUT2D eigenvalue weighted by Gasteiger charge is -2.07. The van der Waals surface area contributed by atoms with Crippen molar-refractivity contribution in [2.75, 3.05) is 0 Å². The highest BCUT2D eigenvalue weighted by atomic mass is 19.1. The lowest BCUT2D eigenvalue weighted by atomic mass is 10.3. The van der Waals surface area contributed by atoms with E-state index in [-0.39, 0.29) is 12.3 Å². The second kappa shape index (κ2) is 5.23. The molecule has 0 amide bonds. The van der Waals surface area contributed by atoms with Gasteiger partial charge in [-0.2, -0.15) is 5.26 Å². The highest BCUT2D eigenvalue weighted by Gasteiger charge is 2.10. The summed E-state index contributed by atoms with van der Waals surface area (Å²) in [5, 5.41) is 8.66. The first kappa shape index (κ1) is 12.0. The largest absolute Gasteiger partial charge is 0.481 e. The molecule has 3 nitrogen and oxygen atoms in total. The van der Waals surface area contributed by atoms with Crippen LogP contribution >= 0.6 is 0 Å². The van der Waals surface area contributed by atoms with Crippen LogP contribution in [0.3, 0.4) is 0 Å². The molecule has 1 aromatic heterocycles. The number of para-hydroxylation sites is 1. The Morgan fingerprint density at radius 2 is 1.78 bits per heavy atom. The zero-order valence-electron chi connectivity index (χ0n) is 9.23. The fourth-order valence-electron chi connectivity index (χ4n) is 1.39. The van der Waals surface area contributed by atoms with Gasteiger partial charge in [-0.1, -0.05) is 12.1 Å². The summed E-state index contributed by atoms with van der Waals surface area (Å²) in [7, 11) is 0. The fourth-order valence-corrected chi connectivity index (χ4v) is 1.39. The maximum absolute atomic E-state index is 13.3. The van der Waals surface area contributed by atoms with Gasteiger partial charge in [0.2, 0.25) is 0 Å². The molecule has 0 saturated heterocycles. The monoisotopic (exact) mass is 246 g/mol. The average Bonchev–Trinajstić information content (AvgIpc) is 2.38. The number of halogens is 2. The summed E-state index contributed by atoms with van der Waals surface area (Å²) in [6.45, 7) is -0.104. The third-order valence-electron chi connectivity index (χ3n) is 2.20. The van der Waals surface area contributed by atoms with Gasteiger partial charge in [0, 0.05) is 0 Å². The average molecular weight is 246 g/mol. The van der Waals surface area contributed by atoms with Crippen LogP contribution in [0.15, 0.2) is 36.4 Å². The summed E-state index contributed by atoms with van der Waals surface area (Å²) in [6, 6.07) is 10.1. The summed E-state index contributed by atoms with van der Waals surface area (Å²) in [5.74, 6) is -1.99.